The van der Waals surface area contributed by atoms with Gasteiger partial charge in [0.1, 0.15) is 10.7 Å². The van der Waals surface area contributed by atoms with Crippen molar-refractivity contribution in [1.29, 1.82) is 0 Å². The SMILES string of the molecule is C=Cc1ccc(NS(=O)(=O)c2ccccc2Cl)c(F)c1. The minimum absolute atomic E-state index is 0.0723. The van der Waals surface area contributed by atoms with E-state index in [4.69, 9.17) is 11.6 Å². The van der Waals surface area contributed by atoms with E-state index >= 15 is 0 Å². The van der Waals surface area contributed by atoms with E-state index in [1.54, 1.807) is 12.1 Å². The molecule has 0 fully saturated rings. The molecule has 0 unspecified atom stereocenters. The van der Waals surface area contributed by atoms with Crippen molar-refractivity contribution in [1.82, 2.24) is 0 Å². The Bertz CT molecular complexity index is 760. The number of halogens is 2. The van der Waals surface area contributed by atoms with Crippen molar-refractivity contribution in [3.8, 4) is 0 Å². The van der Waals surface area contributed by atoms with Crippen molar-refractivity contribution in [2.24, 2.45) is 0 Å². The number of rotatable bonds is 4. The number of sulfonamides is 1. The van der Waals surface area contributed by atoms with Gasteiger partial charge in [-0.1, -0.05) is 42.5 Å². The second kappa shape index (κ2) is 5.64. The maximum Gasteiger partial charge on any atom is 0.263 e. The van der Waals surface area contributed by atoms with Crippen molar-refractivity contribution in [2.75, 3.05) is 4.72 Å². The van der Waals surface area contributed by atoms with Crippen LogP contribution in [0.15, 0.2) is 53.9 Å². The second-order valence-electron chi connectivity index (χ2n) is 3.98. The van der Waals surface area contributed by atoms with Gasteiger partial charge < -0.3 is 0 Å². The fourth-order valence-corrected chi connectivity index (χ4v) is 3.19. The largest absolute Gasteiger partial charge is 0.277 e. The number of hydrogen-bond acceptors (Lipinski definition) is 2. The van der Waals surface area contributed by atoms with E-state index in [-0.39, 0.29) is 15.6 Å². The molecule has 1 N–H and O–H groups in total. The molecule has 104 valence electrons. The summed E-state index contributed by atoms with van der Waals surface area (Å²) in [7, 11) is -3.93. The van der Waals surface area contributed by atoms with Crippen molar-refractivity contribution >= 4 is 33.4 Å². The first kappa shape index (κ1) is 14.6. The highest BCUT2D eigenvalue weighted by Gasteiger charge is 2.19. The highest BCUT2D eigenvalue weighted by molar-refractivity contribution is 7.92. The summed E-state index contributed by atoms with van der Waals surface area (Å²) in [6.45, 7) is 3.51. The molecule has 0 radical (unpaired) electrons. The zero-order valence-electron chi connectivity index (χ0n) is 10.3. The van der Waals surface area contributed by atoms with Crippen LogP contribution in [0.4, 0.5) is 10.1 Å². The summed E-state index contributed by atoms with van der Waals surface area (Å²) in [6.07, 6.45) is 1.47. The predicted molar refractivity (Wildman–Crippen MR) is 78.8 cm³/mol. The maximum atomic E-state index is 13.8. The molecule has 0 aliphatic rings. The molecule has 0 aromatic heterocycles. The average molecular weight is 312 g/mol. The standard InChI is InChI=1S/C14H11ClFNO2S/c1-2-10-7-8-13(12(16)9-10)17-20(18,19)14-6-4-3-5-11(14)15/h2-9,17H,1H2. The second-order valence-corrected chi connectivity index (χ2v) is 6.04. The first-order valence-corrected chi connectivity index (χ1v) is 7.49. The highest BCUT2D eigenvalue weighted by Crippen LogP contribution is 2.25. The van der Waals surface area contributed by atoms with Crippen LogP contribution in [0.2, 0.25) is 5.02 Å². The Kier molecular flexibility index (Phi) is 4.11. The smallest absolute Gasteiger partial charge is 0.263 e. The predicted octanol–water partition coefficient (Wildman–Crippen LogP) is 3.92. The fraction of sp³-hybridized carbons (Fsp3) is 0. The third-order valence-corrected chi connectivity index (χ3v) is 4.46. The molecule has 2 aromatic rings. The summed E-state index contributed by atoms with van der Waals surface area (Å²) in [5.74, 6) is -0.682. The van der Waals surface area contributed by atoms with Crippen LogP contribution in [0.3, 0.4) is 0 Å². The van der Waals surface area contributed by atoms with Gasteiger partial charge in [0.05, 0.1) is 10.7 Å². The third kappa shape index (κ3) is 3.00. The van der Waals surface area contributed by atoms with Crippen LogP contribution in [0.25, 0.3) is 6.08 Å². The lowest BCUT2D eigenvalue weighted by Gasteiger charge is -2.10. The summed E-state index contributed by atoms with van der Waals surface area (Å²) in [5, 5.41) is 0.0723. The molecule has 0 bridgehead atoms. The van der Waals surface area contributed by atoms with Gasteiger partial charge in [0, 0.05) is 0 Å². The summed E-state index contributed by atoms with van der Waals surface area (Å²) in [6, 6.07) is 10.0. The Labute approximate surface area is 121 Å². The molecular weight excluding hydrogens is 301 g/mol. The van der Waals surface area contributed by atoms with Gasteiger partial charge in [0.15, 0.2) is 0 Å². The van der Waals surface area contributed by atoms with Gasteiger partial charge in [-0.3, -0.25) is 4.72 Å². The molecule has 0 atom stereocenters. The van der Waals surface area contributed by atoms with Crippen LogP contribution >= 0.6 is 11.6 Å². The van der Waals surface area contributed by atoms with Crippen molar-refractivity contribution in [2.45, 2.75) is 4.90 Å². The topological polar surface area (TPSA) is 46.2 Å². The van der Waals surface area contributed by atoms with Gasteiger partial charge in [-0.15, -0.1) is 0 Å². The Balaban J connectivity index is 2.39. The van der Waals surface area contributed by atoms with Gasteiger partial charge in [0.2, 0.25) is 0 Å². The molecule has 2 aromatic carbocycles. The molecule has 0 spiro atoms. The lowest BCUT2D eigenvalue weighted by atomic mass is 10.2. The summed E-state index contributed by atoms with van der Waals surface area (Å²) >= 11 is 5.84. The summed E-state index contributed by atoms with van der Waals surface area (Å²) in [4.78, 5) is -0.103. The molecule has 6 heteroatoms. The average Bonchev–Trinajstić information content (AvgIpc) is 2.41. The van der Waals surface area contributed by atoms with E-state index in [0.29, 0.717) is 5.56 Å². The lowest BCUT2D eigenvalue weighted by Crippen LogP contribution is -2.14. The van der Waals surface area contributed by atoms with Gasteiger partial charge in [-0.05, 0) is 29.8 Å². The zero-order chi connectivity index (χ0) is 14.8. The molecule has 0 aliphatic carbocycles. The molecule has 0 amide bonds. The van der Waals surface area contributed by atoms with Crippen LogP contribution in [0, 0.1) is 5.82 Å². The highest BCUT2D eigenvalue weighted by atomic mass is 35.5. The number of hydrogen-bond donors (Lipinski definition) is 1. The minimum atomic E-state index is -3.93. The van der Waals surface area contributed by atoms with E-state index < -0.39 is 15.8 Å². The van der Waals surface area contributed by atoms with Crippen LogP contribution in [-0.2, 0) is 10.0 Å². The summed E-state index contributed by atoms with van der Waals surface area (Å²) < 4.78 is 40.2. The van der Waals surface area contributed by atoms with Crippen LogP contribution < -0.4 is 4.72 Å². The van der Waals surface area contributed by atoms with Crippen LogP contribution in [0.5, 0.6) is 0 Å². The lowest BCUT2D eigenvalue weighted by molar-refractivity contribution is 0.598. The molecule has 0 saturated carbocycles. The molecule has 3 nitrogen and oxygen atoms in total. The molecule has 0 heterocycles. The van der Waals surface area contributed by atoms with Gasteiger partial charge in [0.25, 0.3) is 10.0 Å². The Morgan fingerprint density at radius 1 is 1.20 bits per heavy atom. The van der Waals surface area contributed by atoms with Crippen molar-refractivity contribution < 1.29 is 12.8 Å². The zero-order valence-corrected chi connectivity index (χ0v) is 11.9. The Morgan fingerprint density at radius 2 is 1.90 bits per heavy atom. The van der Waals surface area contributed by atoms with E-state index in [0.717, 1.165) is 0 Å². The van der Waals surface area contributed by atoms with Crippen molar-refractivity contribution in [3.63, 3.8) is 0 Å². The first-order chi connectivity index (χ1) is 9.44. The van der Waals surface area contributed by atoms with Crippen LogP contribution in [0.1, 0.15) is 5.56 Å². The van der Waals surface area contributed by atoms with Crippen molar-refractivity contribution in [3.05, 3.63) is 65.4 Å². The Morgan fingerprint density at radius 3 is 2.50 bits per heavy atom. The van der Waals surface area contributed by atoms with Crippen LogP contribution in [-0.4, -0.2) is 8.42 Å². The van der Waals surface area contributed by atoms with E-state index in [9.17, 15) is 12.8 Å². The molecule has 0 aliphatic heterocycles. The quantitative estimate of drug-likeness (QED) is 0.930. The monoisotopic (exact) mass is 311 g/mol. The van der Waals surface area contributed by atoms with Gasteiger partial charge in [-0.25, -0.2) is 12.8 Å². The number of anilines is 1. The maximum absolute atomic E-state index is 13.8. The number of nitrogens with one attached hydrogen (secondary N) is 1. The summed E-state index contributed by atoms with van der Waals surface area (Å²) in [5.41, 5.74) is 0.415. The van der Waals surface area contributed by atoms with E-state index in [2.05, 4.69) is 11.3 Å². The Hall–Kier alpha value is -1.85. The number of benzene rings is 2. The van der Waals surface area contributed by atoms with E-state index in [1.165, 1.54) is 36.4 Å². The van der Waals surface area contributed by atoms with Gasteiger partial charge in [-0.2, -0.15) is 0 Å². The van der Waals surface area contributed by atoms with Gasteiger partial charge >= 0.3 is 0 Å². The first-order valence-electron chi connectivity index (χ1n) is 5.63. The molecule has 20 heavy (non-hydrogen) atoms. The minimum Gasteiger partial charge on any atom is -0.277 e. The third-order valence-electron chi connectivity index (χ3n) is 2.60. The molecule has 2 rings (SSSR count). The normalized spacial score (nSPS) is 11.1. The molecular formula is C14H11ClFNO2S. The van der Waals surface area contributed by atoms with E-state index in [1.807, 2.05) is 0 Å². The molecule has 0 saturated heterocycles. The fourth-order valence-electron chi connectivity index (χ4n) is 1.60.